The standard InChI is InChI=1S/C17H16ClNO5/c1-23-16(21)13-5-3-4-8-19(15(13)17(22)24-2)14-7-6-12(18)9-11(14)10-20/h3-9,20H,10H2,1-2H3. The molecule has 7 heteroatoms. The summed E-state index contributed by atoms with van der Waals surface area (Å²) in [6.07, 6.45) is 6.29. The van der Waals surface area contributed by atoms with E-state index in [1.807, 2.05) is 0 Å². The second-order valence-corrected chi connectivity index (χ2v) is 5.18. The molecule has 0 amide bonds. The number of allylic oxidation sites excluding steroid dienone is 2. The minimum Gasteiger partial charge on any atom is -0.465 e. The molecule has 0 saturated carbocycles. The first-order valence-electron chi connectivity index (χ1n) is 6.97. The van der Waals surface area contributed by atoms with Crippen LogP contribution in [0.25, 0.3) is 0 Å². The Kier molecular flexibility index (Phi) is 5.78. The van der Waals surface area contributed by atoms with Crippen molar-refractivity contribution in [3.05, 3.63) is 64.5 Å². The first-order valence-corrected chi connectivity index (χ1v) is 7.35. The largest absolute Gasteiger partial charge is 0.465 e. The summed E-state index contributed by atoms with van der Waals surface area (Å²) in [5.41, 5.74) is 0.989. The van der Waals surface area contributed by atoms with Gasteiger partial charge in [-0.15, -0.1) is 0 Å². The van der Waals surface area contributed by atoms with Crippen molar-refractivity contribution in [2.75, 3.05) is 19.1 Å². The maximum absolute atomic E-state index is 12.3. The highest BCUT2D eigenvalue weighted by Gasteiger charge is 2.28. The number of carbonyl (C=O) groups excluding carboxylic acids is 2. The van der Waals surface area contributed by atoms with Crippen molar-refractivity contribution in [1.82, 2.24) is 0 Å². The van der Waals surface area contributed by atoms with Crippen LogP contribution in [0.4, 0.5) is 5.69 Å². The maximum Gasteiger partial charge on any atom is 0.355 e. The Morgan fingerprint density at radius 1 is 1.17 bits per heavy atom. The molecule has 0 aromatic heterocycles. The molecular weight excluding hydrogens is 334 g/mol. The molecule has 0 radical (unpaired) electrons. The summed E-state index contributed by atoms with van der Waals surface area (Å²) in [5.74, 6) is -1.40. The van der Waals surface area contributed by atoms with Crippen LogP contribution in [0.2, 0.25) is 5.02 Å². The van der Waals surface area contributed by atoms with E-state index in [0.29, 0.717) is 16.3 Å². The third kappa shape index (κ3) is 3.50. The molecule has 1 aromatic rings. The maximum atomic E-state index is 12.3. The lowest BCUT2D eigenvalue weighted by atomic mass is 10.1. The Labute approximate surface area is 144 Å². The molecule has 0 fully saturated rings. The minimum atomic E-state index is -0.717. The number of ether oxygens (including phenoxy) is 2. The lowest BCUT2D eigenvalue weighted by molar-refractivity contribution is -0.139. The number of benzene rings is 1. The van der Waals surface area contributed by atoms with Gasteiger partial charge in [0.1, 0.15) is 5.70 Å². The summed E-state index contributed by atoms with van der Waals surface area (Å²) < 4.78 is 9.57. The summed E-state index contributed by atoms with van der Waals surface area (Å²) in [6.45, 7) is -0.296. The quantitative estimate of drug-likeness (QED) is 0.841. The van der Waals surface area contributed by atoms with Gasteiger partial charge in [0.25, 0.3) is 0 Å². The van der Waals surface area contributed by atoms with Crippen molar-refractivity contribution in [3.63, 3.8) is 0 Å². The fraction of sp³-hybridized carbons (Fsp3) is 0.176. The van der Waals surface area contributed by atoms with Crippen LogP contribution in [0, 0.1) is 0 Å². The van der Waals surface area contributed by atoms with Gasteiger partial charge in [-0.05, 0) is 30.4 Å². The normalized spacial score (nSPS) is 13.8. The number of hydrogen-bond acceptors (Lipinski definition) is 6. The second-order valence-electron chi connectivity index (χ2n) is 4.75. The van der Waals surface area contributed by atoms with Crippen molar-refractivity contribution in [3.8, 4) is 0 Å². The summed E-state index contributed by atoms with van der Waals surface area (Å²) in [4.78, 5) is 25.8. The van der Waals surface area contributed by atoms with Crippen LogP contribution in [0.3, 0.4) is 0 Å². The predicted molar refractivity (Wildman–Crippen MR) is 89.2 cm³/mol. The molecule has 126 valence electrons. The van der Waals surface area contributed by atoms with Gasteiger partial charge in [-0.25, -0.2) is 9.59 Å². The molecule has 1 N–H and O–H groups in total. The van der Waals surface area contributed by atoms with Gasteiger partial charge in [0.2, 0.25) is 0 Å². The number of esters is 2. The van der Waals surface area contributed by atoms with Gasteiger partial charge in [0.05, 0.1) is 32.1 Å². The average Bonchev–Trinajstić information content (AvgIpc) is 2.82. The lowest BCUT2D eigenvalue weighted by Gasteiger charge is -2.25. The van der Waals surface area contributed by atoms with E-state index >= 15 is 0 Å². The number of anilines is 1. The van der Waals surface area contributed by atoms with Crippen molar-refractivity contribution in [2.24, 2.45) is 0 Å². The molecule has 0 unspecified atom stereocenters. The van der Waals surface area contributed by atoms with Gasteiger partial charge in [-0.1, -0.05) is 17.7 Å². The van der Waals surface area contributed by atoms with Gasteiger partial charge < -0.3 is 19.5 Å². The fourth-order valence-corrected chi connectivity index (χ4v) is 2.46. The summed E-state index contributed by atoms with van der Waals surface area (Å²) >= 11 is 5.96. The van der Waals surface area contributed by atoms with Crippen LogP contribution in [0.1, 0.15) is 5.56 Å². The van der Waals surface area contributed by atoms with E-state index in [9.17, 15) is 14.7 Å². The molecule has 1 aliphatic heterocycles. The van der Waals surface area contributed by atoms with Crippen LogP contribution >= 0.6 is 11.6 Å². The Bertz CT molecular complexity index is 751. The molecule has 1 heterocycles. The Hall–Kier alpha value is -2.57. The Balaban J connectivity index is 2.70. The van der Waals surface area contributed by atoms with Crippen molar-refractivity contribution in [2.45, 2.75) is 6.61 Å². The van der Waals surface area contributed by atoms with Gasteiger partial charge >= 0.3 is 11.9 Å². The summed E-state index contributed by atoms with van der Waals surface area (Å²) in [7, 11) is 2.44. The Morgan fingerprint density at radius 3 is 2.50 bits per heavy atom. The number of hydrogen-bond donors (Lipinski definition) is 1. The molecule has 0 spiro atoms. The van der Waals surface area contributed by atoms with E-state index in [4.69, 9.17) is 21.1 Å². The van der Waals surface area contributed by atoms with Crippen molar-refractivity contribution < 1.29 is 24.2 Å². The van der Waals surface area contributed by atoms with Crippen LogP contribution in [0.15, 0.2) is 53.9 Å². The van der Waals surface area contributed by atoms with Gasteiger partial charge in [0, 0.05) is 16.8 Å². The molecule has 0 bridgehead atoms. The SMILES string of the molecule is COC(=O)C1=C(C(=O)OC)N(c2ccc(Cl)cc2CO)C=CC=C1. The highest BCUT2D eigenvalue weighted by molar-refractivity contribution is 6.30. The lowest BCUT2D eigenvalue weighted by Crippen LogP contribution is -2.27. The number of rotatable bonds is 4. The number of methoxy groups -OCH3 is 2. The van der Waals surface area contributed by atoms with Crippen LogP contribution in [-0.4, -0.2) is 31.3 Å². The molecule has 24 heavy (non-hydrogen) atoms. The van der Waals surface area contributed by atoms with Crippen LogP contribution in [0.5, 0.6) is 0 Å². The zero-order chi connectivity index (χ0) is 17.7. The summed E-state index contributed by atoms with van der Waals surface area (Å²) in [5, 5.41) is 10.0. The molecule has 6 nitrogen and oxygen atoms in total. The van der Waals surface area contributed by atoms with Gasteiger partial charge in [0.15, 0.2) is 0 Å². The fourth-order valence-electron chi connectivity index (χ4n) is 2.27. The second kappa shape index (κ2) is 7.81. The molecule has 1 aliphatic rings. The molecule has 1 aromatic carbocycles. The molecule has 0 atom stereocenters. The van der Waals surface area contributed by atoms with Gasteiger partial charge in [-0.3, -0.25) is 0 Å². The number of halogens is 1. The van der Waals surface area contributed by atoms with E-state index in [-0.39, 0.29) is 17.9 Å². The first-order chi connectivity index (χ1) is 11.5. The third-order valence-corrected chi connectivity index (χ3v) is 3.60. The van der Waals surface area contributed by atoms with Gasteiger partial charge in [-0.2, -0.15) is 0 Å². The molecule has 0 aliphatic carbocycles. The third-order valence-electron chi connectivity index (χ3n) is 3.36. The van der Waals surface area contributed by atoms with E-state index in [1.165, 1.54) is 25.2 Å². The van der Waals surface area contributed by atoms with Crippen LogP contribution < -0.4 is 4.90 Å². The number of aliphatic hydroxyl groups excluding tert-OH is 1. The number of aliphatic hydroxyl groups is 1. The smallest absolute Gasteiger partial charge is 0.355 e. The highest BCUT2D eigenvalue weighted by atomic mass is 35.5. The van der Waals surface area contributed by atoms with E-state index in [2.05, 4.69) is 0 Å². The zero-order valence-electron chi connectivity index (χ0n) is 13.2. The molecular formula is C17H16ClNO5. The van der Waals surface area contributed by atoms with E-state index in [0.717, 1.165) is 0 Å². The number of nitrogens with zero attached hydrogens (tertiary/aromatic N) is 1. The highest BCUT2D eigenvalue weighted by Crippen LogP contribution is 2.31. The summed E-state index contributed by atoms with van der Waals surface area (Å²) in [6, 6.07) is 4.84. The Morgan fingerprint density at radius 2 is 1.88 bits per heavy atom. The molecule has 0 saturated heterocycles. The zero-order valence-corrected chi connectivity index (χ0v) is 13.9. The number of carbonyl (C=O) groups is 2. The topological polar surface area (TPSA) is 76.1 Å². The van der Waals surface area contributed by atoms with Crippen LogP contribution in [-0.2, 0) is 25.7 Å². The predicted octanol–water partition coefficient (Wildman–Crippen LogP) is 2.32. The first kappa shape index (κ1) is 17.8. The van der Waals surface area contributed by atoms with E-state index < -0.39 is 11.9 Å². The van der Waals surface area contributed by atoms with Crippen molar-refractivity contribution >= 4 is 29.2 Å². The minimum absolute atomic E-state index is 0.0219. The average molecular weight is 350 g/mol. The van der Waals surface area contributed by atoms with E-state index in [1.54, 1.807) is 36.6 Å². The molecule has 2 rings (SSSR count). The monoisotopic (exact) mass is 349 g/mol. The van der Waals surface area contributed by atoms with Crippen molar-refractivity contribution in [1.29, 1.82) is 0 Å².